The van der Waals surface area contributed by atoms with Crippen molar-refractivity contribution in [3.05, 3.63) is 35.4 Å². The average molecular weight is 277 g/mol. The Morgan fingerprint density at radius 2 is 1.70 bits per heavy atom. The first-order chi connectivity index (χ1) is 9.39. The van der Waals surface area contributed by atoms with Gasteiger partial charge in [0.1, 0.15) is 0 Å². The zero-order valence-electron chi connectivity index (χ0n) is 11.5. The molecule has 0 aliphatic carbocycles. The topological polar surface area (TPSA) is 77.8 Å². The van der Waals surface area contributed by atoms with Crippen molar-refractivity contribution in [1.82, 2.24) is 4.90 Å². The monoisotopic (exact) mass is 277 g/mol. The van der Waals surface area contributed by atoms with Gasteiger partial charge in [0.2, 0.25) is 0 Å². The van der Waals surface area contributed by atoms with Gasteiger partial charge in [0.25, 0.3) is 5.91 Å². The predicted molar refractivity (Wildman–Crippen MR) is 73.8 cm³/mol. The molecule has 0 aromatic heterocycles. The van der Waals surface area contributed by atoms with Crippen LogP contribution in [0.3, 0.4) is 0 Å². The molecule has 5 nitrogen and oxygen atoms in total. The number of rotatable bonds is 2. The molecule has 1 saturated heterocycles. The first-order valence-electron chi connectivity index (χ1n) is 6.74. The lowest BCUT2D eigenvalue weighted by Crippen LogP contribution is -2.33. The fraction of sp³-hybridized carbons (Fsp3) is 0.467. The average Bonchev–Trinajstić information content (AvgIpc) is 2.59. The maximum atomic E-state index is 12.3. The molecule has 0 spiro atoms. The number of aliphatic hydroxyl groups is 1. The molecule has 0 bridgehead atoms. The molecular formula is C15H19NO4. The molecule has 5 heteroatoms. The summed E-state index contributed by atoms with van der Waals surface area (Å²) in [7, 11) is 0. The standard InChI is InChI=1S/C15H19NO4/c1-15(20)7-2-9-16(10-8-15)13(17)11-3-5-12(6-4-11)14(18)19/h3-6,20H,2,7-10H2,1H3,(H,18,19). The van der Waals surface area contributed by atoms with E-state index in [9.17, 15) is 14.7 Å². The molecule has 1 amide bonds. The van der Waals surface area contributed by atoms with Crippen molar-refractivity contribution >= 4 is 11.9 Å². The van der Waals surface area contributed by atoms with E-state index in [-0.39, 0.29) is 11.5 Å². The van der Waals surface area contributed by atoms with E-state index in [0.717, 1.165) is 6.42 Å². The van der Waals surface area contributed by atoms with E-state index < -0.39 is 11.6 Å². The summed E-state index contributed by atoms with van der Waals surface area (Å²) in [5.74, 6) is -1.12. The number of carboxylic acid groups (broad SMARTS) is 1. The second kappa shape index (κ2) is 5.63. The highest BCUT2D eigenvalue weighted by molar-refractivity contribution is 5.95. The van der Waals surface area contributed by atoms with E-state index in [1.807, 2.05) is 0 Å². The first-order valence-corrected chi connectivity index (χ1v) is 6.74. The number of hydrogen-bond acceptors (Lipinski definition) is 3. The maximum Gasteiger partial charge on any atom is 0.335 e. The zero-order chi connectivity index (χ0) is 14.8. The van der Waals surface area contributed by atoms with Gasteiger partial charge < -0.3 is 15.1 Å². The molecule has 2 rings (SSSR count). The Morgan fingerprint density at radius 1 is 1.10 bits per heavy atom. The number of carbonyl (C=O) groups is 2. The fourth-order valence-electron chi connectivity index (χ4n) is 2.40. The van der Waals surface area contributed by atoms with Gasteiger partial charge in [-0.3, -0.25) is 4.79 Å². The minimum absolute atomic E-state index is 0.111. The van der Waals surface area contributed by atoms with Crippen LogP contribution in [0.15, 0.2) is 24.3 Å². The van der Waals surface area contributed by atoms with Crippen molar-refractivity contribution in [1.29, 1.82) is 0 Å². The summed E-state index contributed by atoms with van der Waals surface area (Å²) in [6.45, 7) is 2.94. The van der Waals surface area contributed by atoms with E-state index in [4.69, 9.17) is 5.11 Å². The van der Waals surface area contributed by atoms with Crippen LogP contribution in [-0.2, 0) is 0 Å². The molecule has 20 heavy (non-hydrogen) atoms. The van der Waals surface area contributed by atoms with Crippen molar-refractivity contribution in [2.45, 2.75) is 31.8 Å². The van der Waals surface area contributed by atoms with E-state index in [1.165, 1.54) is 24.3 Å². The number of hydrogen-bond donors (Lipinski definition) is 2. The zero-order valence-corrected chi connectivity index (χ0v) is 11.5. The summed E-state index contributed by atoms with van der Waals surface area (Å²) in [5, 5.41) is 18.9. The van der Waals surface area contributed by atoms with Gasteiger partial charge in [0.15, 0.2) is 0 Å². The number of carboxylic acids is 1. The van der Waals surface area contributed by atoms with Crippen molar-refractivity contribution < 1.29 is 19.8 Å². The van der Waals surface area contributed by atoms with Crippen molar-refractivity contribution in [2.24, 2.45) is 0 Å². The van der Waals surface area contributed by atoms with Crippen LogP contribution in [0.5, 0.6) is 0 Å². The predicted octanol–water partition coefficient (Wildman–Crippen LogP) is 1.76. The lowest BCUT2D eigenvalue weighted by molar-refractivity contribution is 0.0437. The van der Waals surface area contributed by atoms with Crippen LogP contribution >= 0.6 is 0 Å². The van der Waals surface area contributed by atoms with Gasteiger partial charge in [-0.1, -0.05) is 0 Å². The molecule has 1 aromatic carbocycles. The lowest BCUT2D eigenvalue weighted by Gasteiger charge is -2.22. The quantitative estimate of drug-likeness (QED) is 0.863. The Balaban J connectivity index is 2.09. The molecule has 0 radical (unpaired) electrons. The smallest absolute Gasteiger partial charge is 0.335 e. The van der Waals surface area contributed by atoms with Crippen LogP contribution in [0.4, 0.5) is 0 Å². The third kappa shape index (κ3) is 3.36. The van der Waals surface area contributed by atoms with Gasteiger partial charge >= 0.3 is 5.97 Å². The highest BCUT2D eigenvalue weighted by atomic mass is 16.4. The van der Waals surface area contributed by atoms with Crippen LogP contribution in [-0.4, -0.2) is 45.7 Å². The van der Waals surface area contributed by atoms with E-state index >= 15 is 0 Å². The summed E-state index contributed by atoms with van der Waals surface area (Å²) < 4.78 is 0. The van der Waals surface area contributed by atoms with E-state index in [0.29, 0.717) is 31.5 Å². The van der Waals surface area contributed by atoms with Crippen LogP contribution in [0.25, 0.3) is 0 Å². The largest absolute Gasteiger partial charge is 0.478 e. The van der Waals surface area contributed by atoms with Crippen LogP contribution < -0.4 is 0 Å². The van der Waals surface area contributed by atoms with Crippen molar-refractivity contribution in [3.8, 4) is 0 Å². The van der Waals surface area contributed by atoms with Gasteiger partial charge in [0, 0.05) is 18.7 Å². The number of likely N-dealkylation sites (tertiary alicyclic amines) is 1. The molecule has 108 valence electrons. The third-order valence-electron chi connectivity index (χ3n) is 3.73. The Bertz CT molecular complexity index is 507. The molecule has 1 aromatic rings. The summed E-state index contributed by atoms with van der Waals surface area (Å²) in [6, 6.07) is 5.94. The Kier molecular flexibility index (Phi) is 4.09. The Labute approximate surface area is 117 Å². The Hall–Kier alpha value is -1.88. The van der Waals surface area contributed by atoms with Crippen LogP contribution in [0.1, 0.15) is 46.9 Å². The Morgan fingerprint density at radius 3 is 2.30 bits per heavy atom. The molecule has 1 fully saturated rings. The van der Waals surface area contributed by atoms with Gasteiger partial charge in [-0.25, -0.2) is 4.79 Å². The third-order valence-corrected chi connectivity index (χ3v) is 3.73. The summed E-state index contributed by atoms with van der Waals surface area (Å²) in [6.07, 6.45) is 2.02. The minimum Gasteiger partial charge on any atom is -0.478 e. The molecular weight excluding hydrogens is 258 g/mol. The van der Waals surface area contributed by atoms with Gasteiger partial charge in [0.05, 0.1) is 11.2 Å². The van der Waals surface area contributed by atoms with Crippen LogP contribution in [0.2, 0.25) is 0 Å². The summed E-state index contributed by atoms with van der Waals surface area (Å²) >= 11 is 0. The summed E-state index contributed by atoms with van der Waals surface area (Å²) in [5.41, 5.74) is -0.0563. The SMILES string of the molecule is CC1(O)CCCN(C(=O)c2ccc(C(=O)O)cc2)CC1. The lowest BCUT2D eigenvalue weighted by atomic mass is 9.98. The van der Waals surface area contributed by atoms with E-state index in [1.54, 1.807) is 11.8 Å². The fourth-order valence-corrected chi connectivity index (χ4v) is 2.40. The minimum atomic E-state index is -1.00. The number of amides is 1. The number of carbonyl (C=O) groups excluding carboxylic acids is 1. The molecule has 2 N–H and O–H groups in total. The molecule has 1 heterocycles. The highest BCUT2D eigenvalue weighted by Crippen LogP contribution is 2.22. The van der Waals surface area contributed by atoms with Crippen molar-refractivity contribution in [2.75, 3.05) is 13.1 Å². The number of nitrogens with zero attached hydrogens (tertiary/aromatic N) is 1. The van der Waals surface area contributed by atoms with Gasteiger partial charge in [-0.15, -0.1) is 0 Å². The number of benzene rings is 1. The molecule has 1 aliphatic rings. The molecule has 1 atom stereocenters. The second-order valence-corrected chi connectivity index (χ2v) is 5.53. The first kappa shape index (κ1) is 14.5. The highest BCUT2D eigenvalue weighted by Gasteiger charge is 2.27. The summed E-state index contributed by atoms with van der Waals surface area (Å²) in [4.78, 5) is 24.8. The maximum absolute atomic E-state index is 12.3. The van der Waals surface area contributed by atoms with Gasteiger partial charge in [-0.2, -0.15) is 0 Å². The number of aromatic carboxylic acids is 1. The van der Waals surface area contributed by atoms with Gasteiger partial charge in [-0.05, 0) is 50.5 Å². The molecule has 1 unspecified atom stereocenters. The van der Waals surface area contributed by atoms with Crippen molar-refractivity contribution in [3.63, 3.8) is 0 Å². The second-order valence-electron chi connectivity index (χ2n) is 5.53. The van der Waals surface area contributed by atoms with E-state index in [2.05, 4.69) is 0 Å². The van der Waals surface area contributed by atoms with Crippen LogP contribution in [0, 0.1) is 0 Å². The molecule has 0 saturated carbocycles. The normalized spacial score (nSPS) is 23.2. The molecule has 1 aliphatic heterocycles.